The second-order valence-corrected chi connectivity index (χ2v) is 13.2. The molecule has 272 valence electrons. The van der Waals surface area contributed by atoms with Crippen LogP contribution in [0.25, 0.3) is 0 Å². The number of rotatable bonds is 33. The first kappa shape index (κ1) is 45.0. The minimum absolute atomic E-state index is 0.0468. The molecule has 0 saturated heterocycles. The van der Waals surface area contributed by atoms with Gasteiger partial charge in [0.2, 0.25) is 0 Å². The van der Waals surface area contributed by atoms with Crippen molar-refractivity contribution in [3.05, 3.63) is 48.6 Å². The van der Waals surface area contributed by atoms with Crippen molar-refractivity contribution in [1.29, 1.82) is 0 Å². The van der Waals surface area contributed by atoms with Gasteiger partial charge in [0.15, 0.2) is 6.10 Å². The van der Waals surface area contributed by atoms with Gasteiger partial charge in [-0.25, -0.2) is 4.57 Å². The number of unbranched alkanes of at least 4 members (excludes halogenated alkanes) is 12. The van der Waals surface area contributed by atoms with Crippen LogP contribution in [0.15, 0.2) is 48.6 Å². The van der Waals surface area contributed by atoms with E-state index >= 15 is 0 Å². The van der Waals surface area contributed by atoms with Crippen LogP contribution in [0.1, 0.15) is 142 Å². The number of hydrogen-bond donors (Lipinski definition) is 2. The van der Waals surface area contributed by atoms with Gasteiger partial charge in [-0.1, -0.05) is 127 Å². The van der Waals surface area contributed by atoms with Gasteiger partial charge < -0.3 is 20.1 Å². The predicted molar refractivity (Wildman–Crippen MR) is 192 cm³/mol. The molecular formula is C37H66NO8P. The number of carbonyl (C=O) groups is 2. The molecule has 0 saturated carbocycles. The Kier molecular flexibility index (Phi) is 32.4. The topological polar surface area (TPSA) is 134 Å². The molecule has 0 rings (SSSR count). The molecule has 0 spiro atoms. The van der Waals surface area contributed by atoms with Crippen LogP contribution >= 0.6 is 7.82 Å². The van der Waals surface area contributed by atoms with E-state index in [-0.39, 0.29) is 32.6 Å². The summed E-state index contributed by atoms with van der Waals surface area (Å²) in [5, 5.41) is 0. The maximum atomic E-state index is 12.5. The monoisotopic (exact) mass is 683 g/mol. The first-order chi connectivity index (χ1) is 22.8. The van der Waals surface area contributed by atoms with Crippen molar-refractivity contribution in [3.63, 3.8) is 0 Å². The molecule has 0 aromatic rings. The van der Waals surface area contributed by atoms with Crippen LogP contribution in [-0.4, -0.2) is 49.3 Å². The maximum Gasteiger partial charge on any atom is 0.472 e. The van der Waals surface area contributed by atoms with E-state index in [4.69, 9.17) is 24.3 Å². The average molecular weight is 684 g/mol. The second-order valence-electron chi connectivity index (χ2n) is 11.7. The molecule has 2 atom stereocenters. The minimum atomic E-state index is -4.38. The minimum Gasteiger partial charge on any atom is -0.462 e. The molecule has 3 N–H and O–H groups in total. The summed E-state index contributed by atoms with van der Waals surface area (Å²) in [6.07, 6.45) is 35.7. The van der Waals surface area contributed by atoms with Crippen molar-refractivity contribution in [3.8, 4) is 0 Å². The Hall–Kier alpha value is -2.03. The van der Waals surface area contributed by atoms with Crippen molar-refractivity contribution in [2.24, 2.45) is 5.73 Å². The molecule has 0 fully saturated rings. The molecule has 0 aromatic carbocycles. The number of esters is 2. The zero-order valence-electron chi connectivity index (χ0n) is 29.5. The zero-order valence-corrected chi connectivity index (χ0v) is 30.4. The summed E-state index contributed by atoms with van der Waals surface area (Å²) < 4.78 is 32.5. The molecule has 0 radical (unpaired) electrons. The summed E-state index contributed by atoms with van der Waals surface area (Å²) in [5.41, 5.74) is 5.32. The number of nitrogens with two attached hydrogens (primary N) is 1. The number of allylic oxidation sites excluding steroid dienone is 8. The first-order valence-electron chi connectivity index (χ1n) is 18.1. The maximum absolute atomic E-state index is 12.5. The van der Waals surface area contributed by atoms with Crippen molar-refractivity contribution < 1.29 is 37.6 Å². The van der Waals surface area contributed by atoms with E-state index in [1.54, 1.807) is 0 Å². The zero-order chi connectivity index (χ0) is 34.7. The number of hydrogen-bond acceptors (Lipinski definition) is 8. The van der Waals surface area contributed by atoms with Crippen molar-refractivity contribution in [1.82, 2.24) is 0 Å². The molecule has 9 nitrogen and oxygen atoms in total. The Bertz CT molecular complexity index is 918. The Morgan fingerprint density at radius 3 is 1.74 bits per heavy atom. The molecule has 0 amide bonds. The fourth-order valence-electron chi connectivity index (χ4n) is 4.56. The van der Waals surface area contributed by atoms with Gasteiger partial charge in [0.1, 0.15) is 6.61 Å². The largest absolute Gasteiger partial charge is 0.472 e. The van der Waals surface area contributed by atoms with Gasteiger partial charge in [-0.05, 0) is 51.4 Å². The number of phosphoric acid groups is 1. The summed E-state index contributed by atoms with van der Waals surface area (Å²) in [6.45, 7) is 3.53. The Morgan fingerprint density at radius 1 is 0.660 bits per heavy atom. The molecule has 0 aliphatic rings. The molecule has 0 aliphatic heterocycles. The van der Waals surface area contributed by atoms with E-state index in [0.717, 1.165) is 57.8 Å². The van der Waals surface area contributed by atoms with E-state index in [0.29, 0.717) is 12.8 Å². The lowest BCUT2D eigenvalue weighted by molar-refractivity contribution is -0.161. The summed E-state index contributed by atoms with van der Waals surface area (Å²) in [7, 11) is -4.38. The van der Waals surface area contributed by atoms with Gasteiger partial charge in [0.05, 0.1) is 13.2 Å². The highest BCUT2D eigenvalue weighted by molar-refractivity contribution is 7.47. The summed E-state index contributed by atoms with van der Waals surface area (Å²) in [4.78, 5) is 34.6. The van der Waals surface area contributed by atoms with Crippen molar-refractivity contribution in [2.45, 2.75) is 148 Å². The third-order valence-electron chi connectivity index (χ3n) is 7.23. The van der Waals surface area contributed by atoms with E-state index in [2.05, 4.69) is 62.5 Å². The Morgan fingerprint density at radius 2 is 1.17 bits per heavy atom. The number of carbonyl (C=O) groups excluding carboxylic acids is 2. The third kappa shape index (κ3) is 33.7. The fourth-order valence-corrected chi connectivity index (χ4v) is 5.33. The summed E-state index contributed by atoms with van der Waals surface area (Å²) >= 11 is 0. The normalized spacial score (nSPS) is 14.0. The van der Waals surface area contributed by atoms with Gasteiger partial charge in [-0.15, -0.1) is 0 Å². The molecule has 0 aliphatic carbocycles. The second kappa shape index (κ2) is 33.9. The molecule has 0 bridgehead atoms. The van der Waals surface area contributed by atoms with Crippen LogP contribution in [0.5, 0.6) is 0 Å². The molecule has 1 unspecified atom stereocenters. The van der Waals surface area contributed by atoms with Gasteiger partial charge in [0, 0.05) is 19.4 Å². The highest BCUT2D eigenvalue weighted by Gasteiger charge is 2.25. The predicted octanol–water partition coefficient (Wildman–Crippen LogP) is 9.60. The van der Waals surface area contributed by atoms with Gasteiger partial charge in [-0.2, -0.15) is 0 Å². The van der Waals surface area contributed by atoms with Crippen molar-refractivity contribution >= 4 is 19.8 Å². The van der Waals surface area contributed by atoms with Gasteiger partial charge in [-0.3, -0.25) is 18.6 Å². The molecule has 10 heteroatoms. The molecule has 0 heterocycles. The van der Waals surface area contributed by atoms with Crippen LogP contribution in [0, 0.1) is 0 Å². The highest BCUT2D eigenvalue weighted by atomic mass is 31.2. The van der Waals surface area contributed by atoms with Crippen LogP contribution in [0.4, 0.5) is 0 Å². The van der Waals surface area contributed by atoms with Crippen LogP contribution < -0.4 is 5.73 Å². The van der Waals surface area contributed by atoms with E-state index in [1.165, 1.54) is 44.9 Å². The summed E-state index contributed by atoms with van der Waals surface area (Å²) in [5.74, 6) is -0.882. The number of ether oxygens (including phenoxy) is 2. The quantitative estimate of drug-likeness (QED) is 0.0300. The van der Waals surface area contributed by atoms with Crippen LogP contribution in [-0.2, 0) is 32.7 Å². The average Bonchev–Trinajstić information content (AvgIpc) is 3.05. The Labute approximate surface area is 286 Å². The lowest BCUT2D eigenvalue weighted by Crippen LogP contribution is -2.29. The fraction of sp³-hybridized carbons (Fsp3) is 0.730. The number of phosphoric ester groups is 1. The third-order valence-corrected chi connectivity index (χ3v) is 8.21. The van der Waals surface area contributed by atoms with E-state index in [9.17, 15) is 19.0 Å². The smallest absolute Gasteiger partial charge is 0.462 e. The molecular weight excluding hydrogens is 617 g/mol. The molecule has 0 aromatic heterocycles. The van der Waals surface area contributed by atoms with Crippen LogP contribution in [0.3, 0.4) is 0 Å². The molecule has 47 heavy (non-hydrogen) atoms. The lowest BCUT2D eigenvalue weighted by Gasteiger charge is -2.19. The van der Waals surface area contributed by atoms with Gasteiger partial charge >= 0.3 is 19.8 Å². The first-order valence-corrected chi connectivity index (χ1v) is 19.6. The van der Waals surface area contributed by atoms with E-state index < -0.39 is 32.5 Å². The van der Waals surface area contributed by atoms with Crippen molar-refractivity contribution in [2.75, 3.05) is 26.4 Å². The standard InChI is InChI=1S/C37H66NO8P/c1-3-5-7-9-11-13-15-16-17-18-20-21-23-25-27-29-36(39)43-33-35(34-45-47(41,42)44-32-31-38)46-37(40)30-28-26-24-22-19-14-12-10-8-6-4-2/h5,7,11,13,16-17,20-21,35H,3-4,6,8-10,12,14-15,18-19,22-34,38H2,1-2H3,(H,41,42)/b7-5+,13-11+,17-16+,21-20+/t35-/m1/s1. The van der Waals surface area contributed by atoms with Crippen LogP contribution in [0.2, 0.25) is 0 Å². The van der Waals surface area contributed by atoms with Gasteiger partial charge in [0.25, 0.3) is 0 Å². The SMILES string of the molecule is CC/C=C/C/C=C/C/C=C/C/C=C/CCCCC(=O)OC[C@H](COP(=O)(O)OCCN)OC(=O)CCCCCCCCCCCCC. The highest BCUT2D eigenvalue weighted by Crippen LogP contribution is 2.43. The van der Waals surface area contributed by atoms with E-state index in [1.807, 2.05) is 0 Å². The Balaban J connectivity index is 4.33. The summed E-state index contributed by atoms with van der Waals surface area (Å²) in [6, 6.07) is 0. The lowest BCUT2D eigenvalue weighted by atomic mass is 10.1.